The fourth-order valence-electron chi connectivity index (χ4n) is 2.92. The number of nitrogens with one attached hydrogen (secondary N) is 1. The van der Waals surface area contributed by atoms with Crippen LogP contribution in [0.4, 0.5) is 13.2 Å². The Morgan fingerprint density at radius 1 is 1.00 bits per heavy atom. The smallest absolute Gasteiger partial charge is 0.290 e. The summed E-state index contributed by atoms with van der Waals surface area (Å²) in [6, 6.07) is 8.97. The number of hydrogen-bond donors (Lipinski definition) is 1. The molecule has 0 aliphatic rings. The van der Waals surface area contributed by atoms with E-state index < -0.39 is 32.0 Å². The second-order valence-electron chi connectivity index (χ2n) is 8.40. The summed E-state index contributed by atoms with van der Waals surface area (Å²) in [4.78, 5) is 22.6. The van der Waals surface area contributed by atoms with E-state index in [4.69, 9.17) is 11.6 Å². The van der Waals surface area contributed by atoms with Gasteiger partial charge in [-0.1, -0.05) is 29.8 Å². The van der Waals surface area contributed by atoms with Crippen molar-refractivity contribution >= 4 is 21.4 Å². The van der Waals surface area contributed by atoms with E-state index in [-0.39, 0.29) is 34.4 Å². The number of rotatable bonds is 5. The summed E-state index contributed by atoms with van der Waals surface area (Å²) < 4.78 is 62.4. The minimum atomic E-state index is -4.49. The molecule has 2 aromatic carbocycles. The second kappa shape index (κ2) is 8.90. The molecule has 3 rings (SSSR count). The van der Waals surface area contributed by atoms with Gasteiger partial charge in [-0.15, -0.1) is 0 Å². The normalized spacial score (nSPS) is 12.7. The zero-order valence-corrected chi connectivity index (χ0v) is 19.6. The van der Waals surface area contributed by atoms with Gasteiger partial charge in [0, 0.05) is 11.1 Å². The molecule has 1 aromatic heterocycles. The van der Waals surface area contributed by atoms with Gasteiger partial charge in [-0.25, -0.2) is 18.2 Å². The highest BCUT2D eigenvalue weighted by molar-refractivity contribution is 7.92. The third-order valence-corrected chi connectivity index (χ3v) is 7.94. The van der Waals surface area contributed by atoms with E-state index in [0.29, 0.717) is 11.1 Å². The predicted octanol–water partition coefficient (Wildman–Crippen LogP) is 4.93. The van der Waals surface area contributed by atoms with E-state index in [1.807, 2.05) is 0 Å². The average Bonchev–Trinajstić information content (AvgIpc) is 2.71. The molecule has 0 bridgehead atoms. The van der Waals surface area contributed by atoms with Gasteiger partial charge in [0.05, 0.1) is 21.1 Å². The zero-order chi connectivity index (χ0) is 24.6. The Balaban J connectivity index is 1.96. The SMILES string of the molecule is CC(C)(C)S(=O)(=O)CCc1ccc(Cl)c(-c2nc(-c3ccc(C(F)(F)F)cc3)nc(=O)[nH]2)c1. The lowest BCUT2D eigenvalue weighted by molar-refractivity contribution is -0.137. The molecule has 33 heavy (non-hydrogen) atoms. The molecule has 0 unspecified atom stereocenters. The largest absolute Gasteiger partial charge is 0.416 e. The first-order valence-electron chi connectivity index (χ1n) is 9.84. The van der Waals surface area contributed by atoms with Gasteiger partial charge >= 0.3 is 11.9 Å². The van der Waals surface area contributed by atoms with Gasteiger partial charge in [-0.2, -0.15) is 18.2 Å². The van der Waals surface area contributed by atoms with Gasteiger partial charge in [-0.05, 0) is 57.0 Å². The summed E-state index contributed by atoms with van der Waals surface area (Å²) in [6.45, 7) is 4.89. The van der Waals surface area contributed by atoms with Gasteiger partial charge in [-0.3, -0.25) is 4.98 Å². The van der Waals surface area contributed by atoms with E-state index >= 15 is 0 Å². The van der Waals surface area contributed by atoms with Gasteiger partial charge in [0.15, 0.2) is 15.7 Å². The fourth-order valence-corrected chi connectivity index (χ4v) is 4.24. The molecule has 6 nitrogen and oxygen atoms in total. The zero-order valence-electron chi connectivity index (χ0n) is 18.0. The Kier molecular flexibility index (Phi) is 6.72. The van der Waals surface area contributed by atoms with Gasteiger partial charge in [0.1, 0.15) is 5.82 Å². The Morgan fingerprint density at radius 2 is 1.64 bits per heavy atom. The first-order chi connectivity index (χ1) is 15.2. The summed E-state index contributed by atoms with van der Waals surface area (Å²) in [6.07, 6.45) is -4.27. The number of aryl methyl sites for hydroxylation is 1. The van der Waals surface area contributed by atoms with Crippen LogP contribution in [0.5, 0.6) is 0 Å². The van der Waals surface area contributed by atoms with Crippen molar-refractivity contribution in [2.24, 2.45) is 0 Å². The number of alkyl halides is 3. The van der Waals surface area contributed by atoms with Crippen molar-refractivity contribution in [3.8, 4) is 22.8 Å². The highest BCUT2D eigenvalue weighted by atomic mass is 35.5. The molecule has 0 radical (unpaired) electrons. The third kappa shape index (κ3) is 5.80. The van der Waals surface area contributed by atoms with Crippen LogP contribution < -0.4 is 5.69 Å². The van der Waals surface area contributed by atoms with Crippen LogP contribution in [0.25, 0.3) is 22.8 Å². The van der Waals surface area contributed by atoms with E-state index in [2.05, 4.69) is 15.0 Å². The predicted molar refractivity (Wildman–Crippen MR) is 121 cm³/mol. The maximum Gasteiger partial charge on any atom is 0.416 e. The highest BCUT2D eigenvalue weighted by Gasteiger charge is 2.30. The van der Waals surface area contributed by atoms with E-state index in [1.54, 1.807) is 39.0 Å². The summed E-state index contributed by atoms with van der Waals surface area (Å²) in [5, 5.41) is 0.255. The topological polar surface area (TPSA) is 92.8 Å². The lowest BCUT2D eigenvalue weighted by Gasteiger charge is -2.19. The van der Waals surface area contributed by atoms with Gasteiger partial charge in [0.25, 0.3) is 0 Å². The lowest BCUT2D eigenvalue weighted by Crippen LogP contribution is -2.31. The van der Waals surface area contributed by atoms with Crippen molar-refractivity contribution in [2.45, 2.75) is 38.1 Å². The maximum absolute atomic E-state index is 12.8. The van der Waals surface area contributed by atoms with Crippen molar-refractivity contribution in [1.82, 2.24) is 15.0 Å². The molecule has 0 saturated carbocycles. The molecule has 11 heteroatoms. The molecule has 0 aliphatic heterocycles. The molecule has 176 valence electrons. The molecule has 1 N–H and O–H groups in total. The number of H-pyrrole nitrogens is 1. The lowest BCUT2D eigenvalue weighted by atomic mass is 10.1. The van der Waals surface area contributed by atoms with Crippen LogP contribution in [0.2, 0.25) is 5.02 Å². The van der Waals surface area contributed by atoms with Crippen molar-refractivity contribution in [3.63, 3.8) is 0 Å². The molecular formula is C22H21ClF3N3O3S. The Bertz CT molecular complexity index is 1330. The number of aromatic amines is 1. The van der Waals surface area contributed by atoms with Crippen LogP contribution in [0.3, 0.4) is 0 Å². The van der Waals surface area contributed by atoms with Crippen LogP contribution >= 0.6 is 11.6 Å². The molecule has 0 aliphatic carbocycles. The van der Waals surface area contributed by atoms with Gasteiger partial charge in [0.2, 0.25) is 0 Å². The number of aromatic nitrogens is 3. The van der Waals surface area contributed by atoms with Crippen molar-refractivity contribution in [3.05, 3.63) is 69.1 Å². The highest BCUT2D eigenvalue weighted by Crippen LogP contribution is 2.31. The summed E-state index contributed by atoms with van der Waals surface area (Å²) in [7, 11) is -3.34. The molecule has 1 heterocycles. The summed E-state index contributed by atoms with van der Waals surface area (Å²) >= 11 is 6.29. The van der Waals surface area contributed by atoms with E-state index in [1.165, 1.54) is 12.1 Å². The summed E-state index contributed by atoms with van der Waals surface area (Å²) in [5.74, 6) is -0.0797. The number of benzene rings is 2. The number of hydrogen-bond acceptors (Lipinski definition) is 5. The Labute approximate surface area is 193 Å². The summed E-state index contributed by atoms with van der Waals surface area (Å²) in [5.41, 5.74) is -0.365. The number of halogens is 4. The van der Waals surface area contributed by atoms with E-state index in [9.17, 15) is 26.4 Å². The van der Waals surface area contributed by atoms with Crippen molar-refractivity contribution in [1.29, 1.82) is 0 Å². The second-order valence-corrected chi connectivity index (χ2v) is 11.7. The number of sulfone groups is 1. The number of nitrogens with zero attached hydrogens (tertiary/aromatic N) is 2. The standard InChI is InChI=1S/C22H21ClF3N3O3S/c1-21(2,3)33(31,32)11-10-13-4-9-17(23)16(12-13)19-27-18(28-20(30)29-19)14-5-7-15(8-6-14)22(24,25)26/h4-9,12H,10-11H2,1-3H3,(H,27,28,29,30). The molecule has 3 aromatic rings. The first-order valence-corrected chi connectivity index (χ1v) is 11.9. The minimum Gasteiger partial charge on any atom is -0.290 e. The fraction of sp³-hybridized carbons (Fsp3) is 0.318. The average molecular weight is 500 g/mol. The monoisotopic (exact) mass is 499 g/mol. The van der Waals surface area contributed by atoms with Crippen LogP contribution in [0, 0.1) is 0 Å². The van der Waals surface area contributed by atoms with Crippen LogP contribution in [-0.2, 0) is 22.4 Å². The maximum atomic E-state index is 12.8. The first kappa shape index (κ1) is 24.9. The molecule has 0 atom stereocenters. The molecule has 0 saturated heterocycles. The van der Waals surface area contributed by atoms with Crippen LogP contribution in [-0.4, -0.2) is 33.9 Å². The van der Waals surface area contributed by atoms with Crippen molar-refractivity contribution in [2.75, 3.05) is 5.75 Å². The molecular weight excluding hydrogens is 479 g/mol. The Hall–Kier alpha value is -2.72. The van der Waals surface area contributed by atoms with Crippen molar-refractivity contribution < 1.29 is 21.6 Å². The van der Waals surface area contributed by atoms with Gasteiger partial charge < -0.3 is 0 Å². The quantitative estimate of drug-likeness (QED) is 0.537. The minimum absolute atomic E-state index is 0.0652. The van der Waals surface area contributed by atoms with Crippen LogP contribution in [0.15, 0.2) is 47.3 Å². The molecule has 0 fully saturated rings. The third-order valence-electron chi connectivity index (χ3n) is 5.00. The Morgan fingerprint density at radius 3 is 2.21 bits per heavy atom. The molecule has 0 spiro atoms. The van der Waals surface area contributed by atoms with Crippen LogP contribution in [0.1, 0.15) is 31.9 Å². The molecule has 0 amide bonds. The van der Waals surface area contributed by atoms with E-state index in [0.717, 1.165) is 12.1 Å².